The fraction of sp³-hybridized carbons (Fsp3) is 0.250. The van der Waals surface area contributed by atoms with E-state index in [2.05, 4.69) is 5.32 Å². The van der Waals surface area contributed by atoms with Crippen LogP contribution in [0, 0.1) is 0 Å². The van der Waals surface area contributed by atoms with Crippen LogP contribution in [-0.2, 0) is 11.3 Å². The summed E-state index contributed by atoms with van der Waals surface area (Å²) in [6.07, 6.45) is 0. The Labute approximate surface area is 92.8 Å². The molecule has 2 heterocycles. The van der Waals surface area contributed by atoms with E-state index >= 15 is 0 Å². The monoisotopic (exact) mass is 216 g/mol. The number of hydrogen-bond acceptors (Lipinski definition) is 3. The number of rotatable bonds is 1. The van der Waals surface area contributed by atoms with E-state index in [1.165, 1.54) is 7.11 Å². The first-order valence-corrected chi connectivity index (χ1v) is 5.25. The van der Waals surface area contributed by atoms with E-state index in [9.17, 15) is 4.79 Å². The Morgan fingerprint density at radius 1 is 1.50 bits per heavy atom. The molecule has 0 unspecified atom stereocenters. The van der Waals surface area contributed by atoms with Gasteiger partial charge in [0.05, 0.1) is 18.3 Å². The van der Waals surface area contributed by atoms with Crippen molar-refractivity contribution in [3.63, 3.8) is 0 Å². The second kappa shape index (κ2) is 3.27. The second-order valence-electron chi connectivity index (χ2n) is 3.84. The summed E-state index contributed by atoms with van der Waals surface area (Å²) >= 11 is 0. The molecule has 82 valence electrons. The molecule has 0 saturated carbocycles. The van der Waals surface area contributed by atoms with Crippen molar-refractivity contribution < 1.29 is 9.53 Å². The third-order valence-electron chi connectivity index (χ3n) is 2.97. The standard InChI is InChI=1S/C12H12N2O2/c1-16-12(15)10-7-8-3-2-4-9-11(8)14(10)6-5-13-9/h2-4,7,13H,5-6H2,1H3. The summed E-state index contributed by atoms with van der Waals surface area (Å²) < 4.78 is 6.81. The number of ether oxygens (including phenoxy) is 1. The first kappa shape index (κ1) is 9.27. The molecular formula is C12H12N2O2. The number of carbonyl (C=O) groups is 1. The quantitative estimate of drug-likeness (QED) is 0.740. The molecule has 1 aromatic heterocycles. The highest BCUT2D eigenvalue weighted by Crippen LogP contribution is 2.29. The lowest BCUT2D eigenvalue weighted by atomic mass is 10.2. The summed E-state index contributed by atoms with van der Waals surface area (Å²) in [5, 5.41) is 4.40. The summed E-state index contributed by atoms with van der Waals surface area (Å²) in [6.45, 7) is 1.63. The summed E-state index contributed by atoms with van der Waals surface area (Å²) in [4.78, 5) is 11.6. The van der Waals surface area contributed by atoms with E-state index in [0.29, 0.717) is 5.69 Å². The predicted octanol–water partition coefficient (Wildman–Crippen LogP) is 1.85. The van der Waals surface area contributed by atoms with Crippen molar-refractivity contribution >= 4 is 22.6 Å². The normalized spacial score (nSPS) is 13.6. The molecule has 1 N–H and O–H groups in total. The summed E-state index contributed by atoms with van der Waals surface area (Å²) in [6, 6.07) is 7.91. The third kappa shape index (κ3) is 1.13. The van der Waals surface area contributed by atoms with Crippen molar-refractivity contribution in [2.75, 3.05) is 19.0 Å². The fourth-order valence-electron chi connectivity index (χ4n) is 2.28. The Balaban J connectivity index is 2.33. The molecule has 4 heteroatoms. The maximum atomic E-state index is 11.6. The van der Waals surface area contributed by atoms with Gasteiger partial charge in [0.25, 0.3) is 0 Å². The van der Waals surface area contributed by atoms with Crippen LogP contribution in [0.5, 0.6) is 0 Å². The molecule has 1 aliphatic rings. The van der Waals surface area contributed by atoms with E-state index in [4.69, 9.17) is 4.74 Å². The number of esters is 1. The zero-order valence-corrected chi connectivity index (χ0v) is 8.99. The minimum atomic E-state index is -0.274. The van der Waals surface area contributed by atoms with Gasteiger partial charge < -0.3 is 14.6 Å². The van der Waals surface area contributed by atoms with Crippen LogP contribution in [0.25, 0.3) is 10.9 Å². The fourth-order valence-corrected chi connectivity index (χ4v) is 2.28. The van der Waals surface area contributed by atoms with Crippen LogP contribution in [0.3, 0.4) is 0 Å². The predicted molar refractivity (Wildman–Crippen MR) is 61.8 cm³/mol. The Bertz CT molecular complexity index is 572. The molecule has 16 heavy (non-hydrogen) atoms. The highest BCUT2D eigenvalue weighted by atomic mass is 16.5. The van der Waals surface area contributed by atoms with Crippen LogP contribution < -0.4 is 5.32 Å². The Kier molecular flexibility index (Phi) is 1.89. The average molecular weight is 216 g/mol. The Morgan fingerprint density at radius 2 is 2.38 bits per heavy atom. The number of benzene rings is 1. The van der Waals surface area contributed by atoms with Gasteiger partial charge in [-0.15, -0.1) is 0 Å². The molecule has 1 aliphatic heterocycles. The van der Waals surface area contributed by atoms with Gasteiger partial charge in [-0.3, -0.25) is 0 Å². The van der Waals surface area contributed by atoms with Crippen LogP contribution in [-0.4, -0.2) is 24.2 Å². The van der Waals surface area contributed by atoms with Gasteiger partial charge in [0.2, 0.25) is 0 Å². The molecule has 0 radical (unpaired) electrons. The highest BCUT2D eigenvalue weighted by Gasteiger charge is 2.20. The molecule has 0 fully saturated rings. The summed E-state index contributed by atoms with van der Waals surface area (Å²) in [5.74, 6) is -0.274. The molecule has 0 aliphatic carbocycles. The minimum Gasteiger partial charge on any atom is -0.464 e. The lowest BCUT2D eigenvalue weighted by Crippen LogP contribution is -2.20. The summed E-state index contributed by atoms with van der Waals surface area (Å²) in [7, 11) is 1.41. The molecule has 0 spiro atoms. The van der Waals surface area contributed by atoms with E-state index in [-0.39, 0.29) is 5.97 Å². The molecule has 3 rings (SSSR count). The Morgan fingerprint density at radius 3 is 3.19 bits per heavy atom. The molecule has 0 bridgehead atoms. The first-order valence-electron chi connectivity index (χ1n) is 5.25. The molecule has 1 aromatic carbocycles. The van der Waals surface area contributed by atoms with Gasteiger partial charge in [-0.2, -0.15) is 0 Å². The van der Waals surface area contributed by atoms with Crippen molar-refractivity contribution in [1.29, 1.82) is 0 Å². The van der Waals surface area contributed by atoms with Gasteiger partial charge >= 0.3 is 5.97 Å². The summed E-state index contributed by atoms with van der Waals surface area (Å²) in [5.41, 5.74) is 2.81. The van der Waals surface area contributed by atoms with Crippen LogP contribution in [0.2, 0.25) is 0 Å². The van der Waals surface area contributed by atoms with E-state index < -0.39 is 0 Å². The van der Waals surface area contributed by atoms with Gasteiger partial charge in [0.1, 0.15) is 5.69 Å². The number of hydrogen-bond donors (Lipinski definition) is 1. The number of anilines is 1. The second-order valence-corrected chi connectivity index (χ2v) is 3.84. The van der Waals surface area contributed by atoms with Crippen molar-refractivity contribution in [3.05, 3.63) is 30.0 Å². The Hall–Kier alpha value is -1.97. The maximum Gasteiger partial charge on any atom is 0.354 e. The zero-order chi connectivity index (χ0) is 11.1. The van der Waals surface area contributed by atoms with E-state index in [0.717, 1.165) is 29.7 Å². The zero-order valence-electron chi connectivity index (χ0n) is 8.99. The van der Waals surface area contributed by atoms with Crippen molar-refractivity contribution in [2.45, 2.75) is 6.54 Å². The number of carbonyl (C=O) groups excluding carboxylic acids is 1. The van der Waals surface area contributed by atoms with Gasteiger partial charge in [0, 0.05) is 18.5 Å². The van der Waals surface area contributed by atoms with Crippen LogP contribution in [0.15, 0.2) is 24.3 Å². The van der Waals surface area contributed by atoms with Crippen LogP contribution >= 0.6 is 0 Å². The van der Waals surface area contributed by atoms with Crippen LogP contribution in [0.1, 0.15) is 10.5 Å². The van der Waals surface area contributed by atoms with Gasteiger partial charge in [0.15, 0.2) is 0 Å². The number of nitrogens with one attached hydrogen (secondary N) is 1. The molecule has 0 saturated heterocycles. The van der Waals surface area contributed by atoms with Gasteiger partial charge in [-0.1, -0.05) is 12.1 Å². The molecule has 0 amide bonds. The smallest absolute Gasteiger partial charge is 0.354 e. The highest BCUT2D eigenvalue weighted by molar-refractivity contribution is 6.00. The van der Waals surface area contributed by atoms with E-state index in [1.807, 2.05) is 28.8 Å². The minimum absolute atomic E-state index is 0.274. The molecule has 2 aromatic rings. The number of aromatic nitrogens is 1. The van der Waals surface area contributed by atoms with Crippen LogP contribution in [0.4, 0.5) is 5.69 Å². The van der Waals surface area contributed by atoms with Crippen molar-refractivity contribution in [2.24, 2.45) is 0 Å². The first-order chi connectivity index (χ1) is 7.81. The maximum absolute atomic E-state index is 11.6. The lowest BCUT2D eigenvalue weighted by Gasteiger charge is -2.18. The number of nitrogens with zero attached hydrogens (tertiary/aromatic N) is 1. The third-order valence-corrected chi connectivity index (χ3v) is 2.97. The largest absolute Gasteiger partial charge is 0.464 e. The van der Waals surface area contributed by atoms with E-state index in [1.54, 1.807) is 0 Å². The molecule has 0 atom stereocenters. The molecular weight excluding hydrogens is 204 g/mol. The number of para-hydroxylation sites is 1. The SMILES string of the molecule is COC(=O)c1cc2cccc3c2n1CCN3. The molecule has 4 nitrogen and oxygen atoms in total. The topological polar surface area (TPSA) is 43.3 Å². The lowest BCUT2D eigenvalue weighted by molar-refractivity contribution is 0.0589. The van der Waals surface area contributed by atoms with Gasteiger partial charge in [-0.25, -0.2) is 4.79 Å². The van der Waals surface area contributed by atoms with Crippen molar-refractivity contribution in [1.82, 2.24) is 4.57 Å². The average Bonchev–Trinajstić information content (AvgIpc) is 2.70. The number of methoxy groups -OCH3 is 1. The van der Waals surface area contributed by atoms with Crippen molar-refractivity contribution in [3.8, 4) is 0 Å². The van der Waals surface area contributed by atoms with Gasteiger partial charge in [-0.05, 0) is 12.1 Å².